The van der Waals surface area contributed by atoms with Crippen LogP contribution < -0.4 is 5.32 Å². The maximum absolute atomic E-state index is 12.0. The van der Waals surface area contributed by atoms with Crippen molar-refractivity contribution in [2.45, 2.75) is 37.8 Å². The lowest BCUT2D eigenvalue weighted by molar-refractivity contribution is -0.148. The predicted molar refractivity (Wildman–Crippen MR) is 55.9 cm³/mol. The van der Waals surface area contributed by atoms with E-state index in [1.54, 1.807) is 0 Å². The van der Waals surface area contributed by atoms with Crippen molar-refractivity contribution >= 4 is 11.9 Å². The number of halogens is 1. The van der Waals surface area contributed by atoms with Crippen LogP contribution in [0.5, 0.6) is 0 Å². The van der Waals surface area contributed by atoms with Crippen molar-refractivity contribution in [1.29, 1.82) is 0 Å². The summed E-state index contributed by atoms with van der Waals surface area (Å²) in [5, 5.41) is 12.1. The third-order valence-corrected chi connectivity index (χ3v) is 3.18. The molecule has 92 valence electrons. The normalized spacial score (nSPS) is 28.9. The molecule has 2 fully saturated rings. The summed E-state index contributed by atoms with van der Waals surface area (Å²) in [6, 6.07) is -0.746. The minimum absolute atomic E-state index is 0. The molecule has 0 unspecified atom stereocenters. The van der Waals surface area contributed by atoms with Gasteiger partial charge in [0.2, 0.25) is 5.91 Å². The molecule has 0 spiro atoms. The van der Waals surface area contributed by atoms with Crippen molar-refractivity contribution in [3.63, 3.8) is 0 Å². The van der Waals surface area contributed by atoms with E-state index in [0.717, 1.165) is 25.8 Å². The summed E-state index contributed by atoms with van der Waals surface area (Å²) in [7, 11) is 0. The Kier molecular flexibility index (Phi) is 4.23. The number of carbonyl (C=O) groups excluding carboxylic acids is 1. The van der Waals surface area contributed by atoms with Crippen LogP contribution in [0, 0.1) is 0 Å². The van der Waals surface area contributed by atoms with Crippen LogP contribution in [-0.2, 0) is 9.59 Å². The Labute approximate surface area is 93.2 Å². The first-order valence-corrected chi connectivity index (χ1v) is 5.47. The Hall–Kier alpha value is -1.17. The van der Waals surface area contributed by atoms with Gasteiger partial charge in [-0.25, -0.2) is 4.79 Å². The van der Waals surface area contributed by atoms with Gasteiger partial charge in [-0.2, -0.15) is 0 Å². The monoisotopic (exact) mass is 232 g/mol. The molecule has 0 aromatic rings. The number of carboxylic acids is 1. The highest BCUT2D eigenvalue weighted by atomic mass is 19.0. The van der Waals surface area contributed by atoms with E-state index in [1.165, 1.54) is 4.90 Å². The molecular weight excluding hydrogens is 215 g/mol. The first-order valence-electron chi connectivity index (χ1n) is 5.47. The molecule has 0 aromatic carbocycles. The minimum atomic E-state index is -0.876. The number of carboxylic acid groups (broad SMARTS) is 1. The van der Waals surface area contributed by atoms with E-state index in [4.69, 9.17) is 5.11 Å². The Morgan fingerprint density at radius 2 is 2.00 bits per heavy atom. The lowest BCUT2D eigenvalue weighted by Gasteiger charge is -2.24. The van der Waals surface area contributed by atoms with Gasteiger partial charge in [-0.05, 0) is 32.2 Å². The first-order chi connectivity index (χ1) is 7.20. The molecule has 0 bridgehead atoms. The number of carbonyl (C=O) groups is 2. The van der Waals surface area contributed by atoms with E-state index in [9.17, 15) is 9.59 Å². The number of rotatable bonds is 2. The van der Waals surface area contributed by atoms with Crippen molar-refractivity contribution in [2.75, 3.05) is 13.1 Å². The molecule has 2 saturated heterocycles. The summed E-state index contributed by atoms with van der Waals surface area (Å²) in [6.07, 6.45) is 3.23. The van der Waals surface area contributed by atoms with E-state index in [-0.39, 0.29) is 16.7 Å². The van der Waals surface area contributed by atoms with E-state index in [2.05, 4.69) is 5.32 Å². The van der Waals surface area contributed by atoms with Gasteiger partial charge in [-0.3, -0.25) is 9.50 Å². The van der Waals surface area contributed by atoms with Crippen LogP contribution in [0.4, 0.5) is 4.70 Å². The molecule has 16 heavy (non-hydrogen) atoms. The molecule has 5 nitrogen and oxygen atoms in total. The standard InChI is InChI=1S/C10H16N2O3.FH/c13-9(7-3-1-5-11-7)12-6-2-4-8(12)10(14)15;/h7-8,11H,1-6H2,(H,14,15);1H/t7-,8-;/m0./s1. The van der Waals surface area contributed by atoms with Crippen molar-refractivity contribution < 1.29 is 19.4 Å². The zero-order valence-electron chi connectivity index (χ0n) is 9.02. The van der Waals surface area contributed by atoms with Crippen LogP contribution in [-0.4, -0.2) is 47.1 Å². The molecule has 2 atom stereocenters. The second-order valence-corrected chi connectivity index (χ2v) is 4.18. The van der Waals surface area contributed by atoms with E-state index < -0.39 is 12.0 Å². The van der Waals surface area contributed by atoms with Gasteiger partial charge in [0, 0.05) is 6.54 Å². The summed E-state index contributed by atoms with van der Waals surface area (Å²) in [5.41, 5.74) is 0. The van der Waals surface area contributed by atoms with Crippen LogP contribution in [0.1, 0.15) is 25.7 Å². The number of hydrogen-bond acceptors (Lipinski definition) is 3. The summed E-state index contributed by atoms with van der Waals surface area (Å²) in [6.45, 7) is 1.45. The largest absolute Gasteiger partial charge is 0.480 e. The highest BCUT2D eigenvalue weighted by Gasteiger charge is 2.37. The maximum Gasteiger partial charge on any atom is 0.326 e. The fourth-order valence-corrected chi connectivity index (χ4v) is 2.38. The summed E-state index contributed by atoms with van der Waals surface area (Å²) >= 11 is 0. The number of aliphatic carboxylic acids is 1. The van der Waals surface area contributed by atoms with E-state index >= 15 is 0 Å². The molecule has 6 heteroatoms. The lowest BCUT2D eigenvalue weighted by atomic mass is 10.1. The molecule has 2 rings (SSSR count). The number of amides is 1. The van der Waals surface area contributed by atoms with Crippen LogP contribution in [0.25, 0.3) is 0 Å². The fraction of sp³-hybridized carbons (Fsp3) is 0.800. The Morgan fingerprint density at radius 1 is 1.25 bits per heavy atom. The summed E-state index contributed by atoms with van der Waals surface area (Å²) in [4.78, 5) is 24.4. The number of likely N-dealkylation sites (tertiary alicyclic amines) is 1. The van der Waals surface area contributed by atoms with Gasteiger partial charge in [0.05, 0.1) is 6.04 Å². The van der Waals surface area contributed by atoms with Crippen LogP contribution >= 0.6 is 0 Å². The van der Waals surface area contributed by atoms with Gasteiger partial charge in [0.15, 0.2) is 0 Å². The van der Waals surface area contributed by atoms with E-state index in [1.807, 2.05) is 0 Å². The molecule has 0 radical (unpaired) electrons. The third kappa shape index (κ3) is 2.32. The van der Waals surface area contributed by atoms with Crippen molar-refractivity contribution in [3.8, 4) is 0 Å². The van der Waals surface area contributed by atoms with Crippen LogP contribution in [0.2, 0.25) is 0 Å². The quantitative estimate of drug-likeness (QED) is 0.701. The Morgan fingerprint density at radius 3 is 2.56 bits per heavy atom. The molecule has 1 amide bonds. The van der Waals surface area contributed by atoms with E-state index in [0.29, 0.717) is 13.0 Å². The highest BCUT2D eigenvalue weighted by Crippen LogP contribution is 2.20. The van der Waals surface area contributed by atoms with Gasteiger partial charge in [0.1, 0.15) is 6.04 Å². The molecule has 0 saturated carbocycles. The average molecular weight is 232 g/mol. The van der Waals surface area contributed by atoms with Crippen molar-refractivity contribution in [2.24, 2.45) is 0 Å². The van der Waals surface area contributed by atoms with Gasteiger partial charge in [0.25, 0.3) is 0 Å². The number of nitrogens with one attached hydrogen (secondary N) is 1. The SMILES string of the molecule is F.O=C(O)[C@@H]1CCCN1C(=O)[C@@H]1CCCN1. The van der Waals surface area contributed by atoms with Gasteiger partial charge in [-0.1, -0.05) is 0 Å². The molecule has 2 aliphatic heterocycles. The Balaban J connectivity index is 0.00000128. The molecular formula is C10H17FN2O3. The van der Waals surface area contributed by atoms with Crippen LogP contribution in [0.3, 0.4) is 0 Å². The molecule has 0 aliphatic carbocycles. The molecule has 0 aromatic heterocycles. The second kappa shape index (κ2) is 5.25. The average Bonchev–Trinajstić information content (AvgIpc) is 2.88. The maximum atomic E-state index is 12.0. The number of hydrogen-bond donors (Lipinski definition) is 2. The van der Waals surface area contributed by atoms with Crippen molar-refractivity contribution in [3.05, 3.63) is 0 Å². The second-order valence-electron chi connectivity index (χ2n) is 4.18. The first kappa shape index (κ1) is 12.9. The van der Waals surface area contributed by atoms with Gasteiger partial charge in [-0.15, -0.1) is 0 Å². The molecule has 2 heterocycles. The van der Waals surface area contributed by atoms with Crippen LogP contribution in [0.15, 0.2) is 0 Å². The Bertz CT molecular complexity index is 279. The number of nitrogens with zero attached hydrogens (tertiary/aromatic N) is 1. The fourth-order valence-electron chi connectivity index (χ4n) is 2.38. The molecule has 2 N–H and O–H groups in total. The third-order valence-electron chi connectivity index (χ3n) is 3.18. The zero-order valence-corrected chi connectivity index (χ0v) is 9.02. The van der Waals surface area contributed by atoms with Gasteiger partial charge >= 0.3 is 5.97 Å². The lowest BCUT2D eigenvalue weighted by Crippen LogP contribution is -2.48. The summed E-state index contributed by atoms with van der Waals surface area (Å²) in [5.74, 6) is -0.906. The highest BCUT2D eigenvalue weighted by molar-refractivity contribution is 5.87. The zero-order chi connectivity index (χ0) is 10.8. The molecule has 2 aliphatic rings. The van der Waals surface area contributed by atoms with Gasteiger partial charge < -0.3 is 15.3 Å². The smallest absolute Gasteiger partial charge is 0.326 e. The predicted octanol–water partition coefficient (Wildman–Crippen LogP) is -0.0335. The topological polar surface area (TPSA) is 69.6 Å². The minimum Gasteiger partial charge on any atom is -0.480 e. The van der Waals surface area contributed by atoms with Crippen molar-refractivity contribution in [1.82, 2.24) is 10.2 Å². The summed E-state index contributed by atoms with van der Waals surface area (Å²) < 4.78 is 0.